The molecule has 0 unspecified atom stereocenters. The first-order chi connectivity index (χ1) is 13.5. The largest absolute Gasteiger partial charge is 0.490 e. The predicted molar refractivity (Wildman–Crippen MR) is 110 cm³/mol. The molecule has 2 rings (SSSR count). The Morgan fingerprint density at radius 1 is 0.929 bits per heavy atom. The van der Waals surface area contributed by atoms with Crippen molar-refractivity contribution in [2.45, 2.75) is 13.8 Å². The van der Waals surface area contributed by atoms with Gasteiger partial charge in [-0.2, -0.15) is 0 Å². The van der Waals surface area contributed by atoms with Crippen LogP contribution in [-0.2, 0) is 4.74 Å². The molecule has 0 aromatic heterocycles. The molecule has 0 aliphatic heterocycles. The maximum absolute atomic E-state index is 12.5. The molecule has 0 atom stereocenters. The Labute approximate surface area is 169 Å². The average Bonchev–Trinajstić information content (AvgIpc) is 2.70. The smallest absolute Gasteiger partial charge is 0.269 e. The fraction of sp³-hybridized carbons (Fsp3) is 0.250. The van der Waals surface area contributed by atoms with Crippen molar-refractivity contribution in [3.05, 3.63) is 65.2 Å². The molecular formula is C20H23N3O4S. The highest BCUT2D eigenvalue weighted by molar-refractivity contribution is 7.80. The molecule has 0 saturated carbocycles. The topological polar surface area (TPSA) is 88.7 Å². The van der Waals surface area contributed by atoms with Crippen molar-refractivity contribution < 1.29 is 19.1 Å². The van der Waals surface area contributed by atoms with Crippen LogP contribution in [-0.4, -0.2) is 36.7 Å². The highest BCUT2D eigenvalue weighted by Crippen LogP contribution is 2.17. The number of carbonyl (C=O) groups excluding carboxylic acids is 2. The van der Waals surface area contributed by atoms with Crippen LogP contribution in [0.2, 0.25) is 0 Å². The summed E-state index contributed by atoms with van der Waals surface area (Å²) in [5.41, 5.74) is 6.66. The van der Waals surface area contributed by atoms with Gasteiger partial charge in [0.2, 0.25) is 0 Å². The van der Waals surface area contributed by atoms with Gasteiger partial charge in [-0.3, -0.25) is 25.8 Å². The molecule has 2 amide bonds. The normalized spacial score (nSPS) is 10.1. The second-order valence-electron chi connectivity index (χ2n) is 5.72. The molecule has 0 spiro atoms. The second kappa shape index (κ2) is 11.0. The van der Waals surface area contributed by atoms with Gasteiger partial charge in [0.25, 0.3) is 11.8 Å². The van der Waals surface area contributed by atoms with Crippen LogP contribution in [0.1, 0.15) is 33.2 Å². The minimum atomic E-state index is -0.449. The van der Waals surface area contributed by atoms with Crippen LogP contribution in [0.4, 0.5) is 0 Å². The number of ether oxygens (including phenoxy) is 2. The molecule has 148 valence electrons. The van der Waals surface area contributed by atoms with Gasteiger partial charge in [0.05, 0.1) is 12.2 Å². The third-order valence-electron chi connectivity index (χ3n) is 3.73. The lowest BCUT2D eigenvalue weighted by Gasteiger charge is -2.14. The third kappa shape index (κ3) is 6.33. The van der Waals surface area contributed by atoms with E-state index in [1.54, 1.807) is 36.4 Å². The number of hydrazine groups is 1. The van der Waals surface area contributed by atoms with Crippen LogP contribution in [0.5, 0.6) is 5.75 Å². The van der Waals surface area contributed by atoms with Crippen LogP contribution in [0.25, 0.3) is 0 Å². The van der Waals surface area contributed by atoms with Gasteiger partial charge < -0.3 is 9.47 Å². The summed E-state index contributed by atoms with van der Waals surface area (Å²) >= 11 is 5.08. The van der Waals surface area contributed by atoms with Crippen molar-refractivity contribution in [2.24, 2.45) is 0 Å². The molecule has 0 saturated heterocycles. The Bertz CT molecular complexity index is 842. The fourth-order valence-electron chi connectivity index (χ4n) is 2.35. The Morgan fingerprint density at radius 3 is 2.32 bits per heavy atom. The number of hydrogen-bond donors (Lipinski definition) is 3. The molecule has 0 aliphatic carbocycles. The van der Waals surface area contributed by atoms with E-state index in [1.807, 2.05) is 26.0 Å². The number of hydrogen-bond acceptors (Lipinski definition) is 5. The maximum atomic E-state index is 12.5. The van der Waals surface area contributed by atoms with E-state index in [0.29, 0.717) is 36.7 Å². The van der Waals surface area contributed by atoms with Crippen LogP contribution in [0.3, 0.4) is 0 Å². The van der Waals surface area contributed by atoms with Crippen molar-refractivity contribution >= 4 is 29.1 Å². The molecule has 0 heterocycles. The Balaban J connectivity index is 1.89. The quantitative estimate of drug-likeness (QED) is 0.375. The van der Waals surface area contributed by atoms with E-state index >= 15 is 0 Å². The number of thiocarbonyl (C=S) groups is 1. The Hall–Kier alpha value is -2.97. The van der Waals surface area contributed by atoms with Gasteiger partial charge in [-0.25, -0.2) is 0 Å². The molecule has 7 nitrogen and oxygen atoms in total. The summed E-state index contributed by atoms with van der Waals surface area (Å²) in [6, 6.07) is 14.0. The standard InChI is InChI=1S/C20H23N3O4S/c1-3-26-12-13-27-17-11-7-6-10-16(17)18(24)21-20(28)23-22-19(25)15-9-5-4-8-14(15)2/h4-11H,3,12-13H2,1-2H3,(H,22,25)(H2,21,23,24,28). The van der Waals surface area contributed by atoms with Crippen molar-refractivity contribution in [3.8, 4) is 5.75 Å². The number of para-hydroxylation sites is 1. The van der Waals surface area contributed by atoms with E-state index in [1.165, 1.54) is 0 Å². The van der Waals surface area contributed by atoms with Crippen LogP contribution >= 0.6 is 12.2 Å². The molecule has 2 aromatic rings. The maximum Gasteiger partial charge on any atom is 0.269 e. The number of rotatable bonds is 7. The lowest BCUT2D eigenvalue weighted by molar-refractivity contribution is 0.0930. The first-order valence-corrected chi connectivity index (χ1v) is 9.20. The SMILES string of the molecule is CCOCCOc1ccccc1C(=O)NC(=S)NNC(=O)c1ccccc1C. The summed E-state index contributed by atoms with van der Waals surface area (Å²) in [4.78, 5) is 24.6. The molecule has 28 heavy (non-hydrogen) atoms. The molecule has 2 aromatic carbocycles. The zero-order chi connectivity index (χ0) is 20.4. The van der Waals surface area contributed by atoms with Gasteiger partial charge in [0.1, 0.15) is 12.4 Å². The number of benzene rings is 2. The molecule has 0 radical (unpaired) electrons. The zero-order valence-corrected chi connectivity index (χ0v) is 16.6. The van der Waals surface area contributed by atoms with Gasteiger partial charge in [0, 0.05) is 12.2 Å². The molecule has 3 N–H and O–H groups in total. The highest BCUT2D eigenvalue weighted by Gasteiger charge is 2.14. The minimum absolute atomic E-state index is 0.0314. The second-order valence-corrected chi connectivity index (χ2v) is 6.13. The van der Waals surface area contributed by atoms with E-state index in [2.05, 4.69) is 16.2 Å². The predicted octanol–water partition coefficient (Wildman–Crippen LogP) is 2.36. The van der Waals surface area contributed by atoms with E-state index in [-0.39, 0.29) is 11.0 Å². The summed E-state index contributed by atoms with van der Waals surface area (Å²) in [5.74, 6) is -0.379. The van der Waals surface area contributed by atoms with Crippen molar-refractivity contribution in [3.63, 3.8) is 0 Å². The van der Waals surface area contributed by atoms with Crippen LogP contribution in [0, 0.1) is 6.92 Å². The Morgan fingerprint density at radius 2 is 1.61 bits per heavy atom. The van der Waals surface area contributed by atoms with Gasteiger partial charge in [0.15, 0.2) is 5.11 Å². The Kier molecular flexibility index (Phi) is 8.38. The van der Waals surface area contributed by atoms with Crippen molar-refractivity contribution in [2.75, 3.05) is 19.8 Å². The minimum Gasteiger partial charge on any atom is -0.490 e. The monoisotopic (exact) mass is 401 g/mol. The molecule has 0 aliphatic rings. The summed E-state index contributed by atoms with van der Waals surface area (Å²) in [5, 5.41) is 2.48. The van der Waals surface area contributed by atoms with Gasteiger partial charge in [-0.1, -0.05) is 30.3 Å². The highest BCUT2D eigenvalue weighted by atomic mass is 32.1. The van der Waals surface area contributed by atoms with Crippen molar-refractivity contribution in [1.29, 1.82) is 0 Å². The van der Waals surface area contributed by atoms with E-state index in [9.17, 15) is 9.59 Å². The summed E-state index contributed by atoms with van der Waals surface area (Å²) < 4.78 is 10.8. The first-order valence-electron chi connectivity index (χ1n) is 8.79. The van der Waals surface area contributed by atoms with Gasteiger partial charge in [-0.05, 0) is 49.8 Å². The summed E-state index contributed by atoms with van der Waals surface area (Å²) in [7, 11) is 0. The summed E-state index contributed by atoms with van der Waals surface area (Å²) in [6.07, 6.45) is 0. The number of aryl methyl sites for hydroxylation is 1. The van der Waals surface area contributed by atoms with Gasteiger partial charge >= 0.3 is 0 Å². The molecule has 0 bridgehead atoms. The van der Waals surface area contributed by atoms with E-state index in [4.69, 9.17) is 21.7 Å². The zero-order valence-electron chi connectivity index (χ0n) is 15.8. The number of amides is 2. The number of carbonyl (C=O) groups is 2. The van der Waals surface area contributed by atoms with Crippen molar-refractivity contribution in [1.82, 2.24) is 16.2 Å². The summed E-state index contributed by atoms with van der Waals surface area (Å²) in [6.45, 7) is 5.08. The molecular weight excluding hydrogens is 378 g/mol. The van der Waals surface area contributed by atoms with E-state index < -0.39 is 5.91 Å². The average molecular weight is 401 g/mol. The van der Waals surface area contributed by atoms with Gasteiger partial charge in [-0.15, -0.1) is 0 Å². The van der Waals surface area contributed by atoms with E-state index in [0.717, 1.165) is 5.56 Å². The third-order valence-corrected chi connectivity index (χ3v) is 3.93. The molecule has 0 fully saturated rings. The van der Waals surface area contributed by atoms with Crippen LogP contribution < -0.4 is 20.9 Å². The van der Waals surface area contributed by atoms with Crippen LogP contribution in [0.15, 0.2) is 48.5 Å². The fourth-order valence-corrected chi connectivity index (χ4v) is 2.49. The molecule has 8 heteroatoms. The lowest BCUT2D eigenvalue weighted by atomic mass is 10.1. The number of nitrogens with one attached hydrogen (secondary N) is 3. The lowest BCUT2D eigenvalue weighted by Crippen LogP contribution is -2.48. The first kappa shape index (κ1) is 21.3.